The van der Waals surface area contributed by atoms with E-state index in [1.165, 1.54) is 0 Å². The van der Waals surface area contributed by atoms with Gasteiger partial charge in [-0.25, -0.2) is 4.98 Å². The molecule has 188 valence electrons. The zero-order chi connectivity index (χ0) is 25.9. The van der Waals surface area contributed by atoms with Gasteiger partial charge < -0.3 is 23.9 Å². The third-order valence-corrected chi connectivity index (χ3v) is 6.23. The van der Waals surface area contributed by atoms with Crippen molar-refractivity contribution >= 4 is 22.6 Å². The van der Waals surface area contributed by atoms with Crippen LogP contribution < -0.4 is 25.1 Å². The Labute approximate surface area is 212 Å². The van der Waals surface area contributed by atoms with Gasteiger partial charge in [-0.05, 0) is 59.7 Å². The van der Waals surface area contributed by atoms with E-state index >= 15 is 0 Å². The van der Waals surface area contributed by atoms with Crippen LogP contribution in [0, 0.1) is 0 Å². The lowest BCUT2D eigenvalue weighted by Crippen LogP contribution is -2.24. The zero-order valence-corrected chi connectivity index (χ0v) is 20.7. The Morgan fingerprint density at radius 1 is 0.892 bits per heavy atom. The molecular weight excluding hydrogens is 472 g/mol. The van der Waals surface area contributed by atoms with E-state index in [-0.39, 0.29) is 18.0 Å². The van der Waals surface area contributed by atoms with Crippen molar-refractivity contribution in [3.05, 3.63) is 100 Å². The number of aromatic nitrogens is 3. The number of amides is 1. The van der Waals surface area contributed by atoms with Gasteiger partial charge >= 0.3 is 0 Å². The highest BCUT2D eigenvalue weighted by atomic mass is 16.5. The fourth-order valence-electron chi connectivity index (χ4n) is 4.40. The van der Waals surface area contributed by atoms with Gasteiger partial charge in [0.15, 0.2) is 17.1 Å². The number of nitrogens with one attached hydrogen (secondary N) is 1. The zero-order valence-electron chi connectivity index (χ0n) is 20.7. The van der Waals surface area contributed by atoms with E-state index in [1.807, 2.05) is 40.9 Å². The summed E-state index contributed by atoms with van der Waals surface area (Å²) in [4.78, 5) is 30.4. The number of hydrogen-bond donors (Lipinski definition) is 1. The third kappa shape index (κ3) is 4.47. The van der Waals surface area contributed by atoms with Crippen molar-refractivity contribution < 1.29 is 19.0 Å². The van der Waals surface area contributed by atoms with Crippen molar-refractivity contribution in [2.45, 2.75) is 13.1 Å². The SMILES string of the molecule is COc1cc(CNC(=O)c2ccc(Cn3c(=O)c4cccn4c4cccnc43)cc2)cc(OC)c1OC. The summed E-state index contributed by atoms with van der Waals surface area (Å²) >= 11 is 0. The number of benzene rings is 2. The molecule has 5 aromatic rings. The Kier molecular flexibility index (Phi) is 6.51. The predicted molar refractivity (Wildman–Crippen MR) is 140 cm³/mol. The van der Waals surface area contributed by atoms with Gasteiger partial charge in [-0.15, -0.1) is 0 Å². The van der Waals surface area contributed by atoms with Crippen LogP contribution >= 0.6 is 0 Å². The minimum absolute atomic E-state index is 0.122. The van der Waals surface area contributed by atoms with Gasteiger partial charge in [0.25, 0.3) is 11.5 Å². The summed E-state index contributed by atoms with van der Waals surface area (Å²) in [7, 11) is 4.63. The molecule has 2 aromatic carbocycles. The molecule has 0 saturated heterocycles. The van der Waals surface area contributed by atoms with Gasteiger partial charge in [0.1, 0.15) is 5.52 Å². The Hall–Kier alpha value is -4.79. The average Bonchev–Trinajstić information content (AvgIpc) is 3.44. The van der Waals surface area contributed by atoms with Crippen LogP contribution in [0.1, 0.15) is 21.5 Å². The number of hydrogen-bond acceptors (Lipinski definition) is 6. The van der Waals surface area contributed by atoms with Crippen LogP contribution in [-0.4, -0.2) is 41.2 Å². The molecule has 9 heteroatoms. The minimum Gasteiger partial charge on any atom is -0.493 e. The maximum absolute atomic E-state index is 13.1. The van der Waals surface area contributed by atoms with Gasteiger partial charge in [-0.1, -0.05) is 12.1 Å². The largest absolute Gasteiger partial charge is 0.493 e. The molecule has 0 fully saturated rings. The highest BCUT2D eigenvalue weighted by Gasteiger charge is 2.15. The van der Waals surface area contributed by atoms with Crippen molar-refractivity contribution in [3.8, 4) is 17.2 Å². The first-order valence-electron chi connectivity index (χ1n) is 11.6. The van der Waals surface area contributed by atoms with Crippen LogP contribution in [-0.2, 0) is 13.1 Å². The first-order valence-corrected chi connectivity index (χ1v) is 11.6. The number of carbonyl (C=O) groups excluding carboxylic acids is 1. The van der Waals surface area contributed by atoms with E-state index in [2.05, 4.69) is 10.3 Å². The molecule has 5 rings (SSSR count). The second kappa shape index (κ2) is 10.1. The normalized spacial score (nSPS) is 11.0. The minimum atomic E-state index is -0.223. The fraction of sp³-hybridized carbons (Fsp3) is 0.179. The Morgan fingerprint density at radius 3 is 2.27 bits per heavy atom. The van der Waals surface area contributed by atoms with Gasteiger partial charge in [-0.2, -0.15) is 0 Å². The van der Waals surface area contributed by atoms with Crippen LogP contribution in [0.4, 0.5) is 0 Å². The van der Waals surface area contributed by atoms with Gasteiger partial charge in [0.05, 0.1) is 33.4 Å². The number of fused-ring (bicyclic) bond motifs is 3. The summed E-state index contributed by atoms with van der Waals surface area (Å²) in [5.74, 6) is 1.31. The molecular formula is C28H26N4O5. The topological polar surface area (TPSA) is 96.1 Å². The first kappa shape index (κ1) is 23.9. The molecule has 0 aliphatic heterocycles. The van der Waals surface area contributed by atoms with Crippen molar-refractivity contribution in [3.63, 3.8) is 0 Å². The van der Waals surface area contributed by atoms with Crippen LogP contribution in [0.25, 0.3) is 16.7 Å². The number of pyridine rings is 1. The summed E-state index contributed by atoms with van der Waals surface area (Å²) in [5.41, 5.74) is 4.11. The summed E-state index contributed by atoms with van der Waals surface area (Å²) in [6, 6.07) is 18.2. The van der Waals surface area contributed by atoms with E-state index in [4.69, 9.17) is 14.2 Å². The van der Waals surface area contributed by atoms with Crippen LogP contribution in [0.5, 0.6) is 17.2 Å². The lowest BCUT2D eigenvalue weighted by molar-refractivity contribution is 0.0951. The number of rotatable bonds is 8. The molecule has 0 saturated carbocycles. The Bertz CT molecular complexity index is 1630. The maximum atomic E-state index is 13.1. The fourth-order valence-corrected chi connectivity index (χ4v) is 4.40. The van der Waals surface area contributed by atoms with Crippen LogP contribution in [0.2, 0.25) is 0 Å². The molecule has 1 amide bonds. The monoisotopic (exact) mass is 498 g/mol. The summed E-state index contributed by atoms with van der Waals surface area (Å²) < 4.78 is 19.6. The number of nitrogens with zero attached hydrogens (tertiary/aromatic N) is 3. The van der Waals surface area contributed by atoms with E-state index in [1.54, 1.807) is 62.4 Å². The molecule has 0 aliphatic carbocycles. The molecule has 3 aromatic heterocycles. The molecule has 0 atom stereocenters. The number of carbonyl (C=O) groups is 1. The summed E-state index contributed by atoms with van der Waals surface area (Å²) in [6.07, 6.45) is 3.53. The highest BCUT2D eigenvalue weighted by molar-refractivity contribution is 5.94. The van der Waals surface area contributed by atoms with Crippen molar-refractivity contribution in [1.29, 1.82) is 0 Å². The number of methoxy groups -OCH3 is 3. The molecule has 3 heterocycles. The quantitative estimate of drug-likeness (QED) is 0.351. The van der Waals surface area contributed by atoms with Crippen molar-refractivity contribution in [2.24, 2.45) is 0 Å². The van der Waals surface area contributed by atoms with E-state index in [0.717, 1.165) is 16.6 Å². The Balaban J connectivity index is 1.34. The lowest BCUT2D eigenvalue weighted by Gasteiger charge is -2.14. The summed E-state index contributed by atoms with van der Waals surface area (Å²) in [6.45, 7) is 0.614. The molecule has 1 N–H and O–H groups in total. The van der Waals surface area contributed by atoms with Crippen LogP contribution in [0.15, 0.2) is 77.9 Å². The van der Waals surface area contributed by atoms with Gasteiger partial charge in [0, 0.05) is 24.5 Å². The van der Waals surface area contributed by atoms with E-state index in [9.17, 15) is 9.59 Å². The highest BCUT2D eigenvalue weighted by Crippen LogP contribution is 2.38. The smallest absolute Gasteiger partial charge is 0.276 e. The van der Waals surface area contributed by atoms with E-state index < -0.39 is 0 Å². The predicted octanol–water partition coefficient (Wildman–Crippen LogP) is 3.65. The van der Waals surface area contributed by atoms with Crippen LogP contribution in [0.3, 0.4) is 0 Å². The summed E-state index contributed by atoms with van der Waals surface area (Å²) in [5, 5.41) is 2.92. The molecule has 37 heavy (non-hydrogen) atoms. The molecule has 0 aliphatic rings. The second-order valence-corrected chi connectivity index (χ2v) is 8.41. The second-order valence-electron chi connectivity index (χ2n) is 8.41. The Morgan fingerprint density at radius 2 is 1.59 bits per heavy atom. The number of ether oxygens (including phenoxy) is 3. The molecule has 0 bridgehead atoms. The van der Waals surface area contributed by atoms with E-state index in [0.29, 0.717) is 40.5 Å². The average molecular weight is 499 g/mol. The maximum Gasteiger partial charge on any atom is 0.276 e. The lowest BCUT2D eigenvalue weighted by atomic mass is 10.1. The molecule has 9 nitrogen and oxygen atoms in total. The molecule has 0 radical (unpaired) electrons. The molecule has 0 unspecified atom stereocenters. The third-order valence-electron chi connectivity index (χ3n) is 6.23. The molecule has 0 spiro atoms. The van der Waals surface area contributed by atoms with Crippen molar-refractivity contribution in [2.75, 3.05) is 21.3 Å². The van der Waals surface area contributed by atoms with Gasteiger partial charge in [0.2, 0.25) is 5.75 Å². The first-order chi connectivity index (χ1) is 18.0. The standard InChI is InChI=1S/C28H26N4O5/c1-35-23-14-19(15-24(36-2)25(23)37-3)16-30-27(33)20-10-8-18(9-11-20)17-32-26-21(6-4-12-29-26)31-13-5-7-22(31)28(32)34/h4-15H,16-17H2,1-3H3,(H,30,33). The van der Waals surface area contributed by atoms with Gasteiger partial charge in [-0.3, -0.25) is 14.2 Å². The van der Waals surface area contributed by atoms with Crippen molar-refractivity contribution in [1.82, 2.24) is 19.3 Å².